The average molecular weight is 568 g/mol. The van der Waals surface area contributed by atoms with E-state index in [1.807, 2.05) is 54.0 Å². The highest BCUT2D eigenvalue weighted by Crippen LogP contribution is 2.41. The third kappa shape index (κ3) is 5.72. The second kappa shape index (κ2) is 11.9. The van der Waals surface area contributed by atoms with E-state index in [0.717, 1.165) is 28.1 Å². The average Bonchev–Trinajstić information content (AvgIpc) is 3.25. The van der Waals surface area contributed by atoms with Gasteiger partial charge < -0.3 is 9.30 Å². The van der Waals surface area contributed by atoms with Crippen LogP contribution in [0.3, 0.4) is 0 Å². The number of hydrogen-bond donors (Lipinski definition) is 0. The zero-order chi connectivity index (χ0) is 29.0. The Morgan fingerprint density at radius 3 is 2.15 bits per heavy atom. The van der Waals surface area contributed by atoms with E-state index in [-0.39, 0.29) is 29.4 Å². The molecule has 0 aliphatic heterocycles. The topological polar surface area (TPSA) is 65.4 Å². The lowest BCUT2D eigenvalue weighted by Gasteiger charge is -2.13. The summed E-state index contributed by atoms with van der Waals surface area (Å²) in [5, 5.41) is 0. The van der Waals surface area contributed by atoms with Gasteiger partial charge in [0.15, 0.2) is 0 Å². The van der Waals surface area contributed by atoms with Crippen LogP contribution in [0.25, 0.3) is 22.4 Å². The van der Waals surface area contributed by atoms with Gasteiger partial charge in [-0.3, -0.25) is 4.79 Å². The standard InChI is InChI=1S/C34H30FNO4S/c1-3-40-32(37)23-36-24(2)30(22-26-15-10-11-20-31(26)41(38,39)29-18-8-5-9-19-29)33(27-16-12-17-28(35)21-27)34(36)25-13-6-4-7-14-25/h4-21H,3,22-23H2,1-2H3. The van der Waals surface area contributed by atoms with Crippen LogP contribution in [-0.2, 0) is 32.3 Å². The van der Waals surface area contributed by atoms with Crippen molar-refractivity contribution in [2.45, 2.75) is 36.6 Å². The Kier molecular flexibility index (Phi) is 8.17. The van der Waals surface area contributed by atoms with Crippen molar-refractivity contribution in [3.05, 3.63) is 132 Å². The number of carbonyl (C=O) groups is 1. The lowest BCUT2D eigenvalue weighted by Crippen LogP contribution is -2.15. The zero-order valence-corrected chi connectivity index (χ0v) is 23.7. The first kappa shape index (κ1) is 28.1. The number of benzene rings is 4. The lowest BCUT2D eigenvalue weighted by molar-refractivity contribution is -0.143. The maximum atomic E-state index is 14.6. The fourth-order valence-electron chi connectivity index (χ4n) is 5.22. The number of carbonyl (C=O) groups excluding carboxylic acids is 1. The molecule has 1 heterocycles. The van der Waals surface area contributed by atoms with Crippen molar-refractivity contribution >= 4 is 15.8 Å². The first-order valence-corrected chi connectivity index (χ1v) is 14.9. The van der Waals surface area contributed by atoms with E-state index in [2.05, 4.69) is 0 Å². The molecule has 0 spiro atoms. The van der Waals surface area contributed by atoms with Gasteiger partial charge in [-0.15, -0.1) is 0 Å². The molecule has 5 nitrogen and oxygen atoms in total. The van der Waals surface area contributed by atoms with Crippen molar-refractivity contribution < 1.29 is 22.3 Å². The second-order valence-electron chi connectivity index (χ2n) is 9.66. The summed E-state index contributed by atoms with van der Waals surface area (Å²) < 4.78 is 49.2. The predicted molar refractivity (Wildman–Crippen MR) is 158 cm³/mol. The van der Waals surface area contributed by atoms with E-state index in [9.17, 15) is 17.6 Å². The summed E-state index contributed by atoms with van der Waals surface area (Å²) in [6.45, 7) is 3.86. The minimum absolute atomic E-state index is 0.0455. The molecule has 4 aromatic carbocycles. The smallest absolute Gasteiger partial charge is 0.325 e. The number of ether oxygens (including phenoxy) is 1. The Bertz CT molecular complexity index is 1800. The minimum Gasteiger partial charge on any atom is -0.465 e. The van der Waals surface area contributed by atoms with E-state index >= 15 is 0 Å². The normalized spacial score (nSPS) is 11.4. The summed E-state index contributed by atoms with van der Waals surface area (Å²) in [6, 6.07) is 31.2. The first-order valence-electron chi connectivity index (χ1n) is 13.4. The van der Waals surface area contributed by atoms with E-state index < -0.39 is 21.6 Å². The fraction of sp³-hybridized carbons (Fsp3) is 0.147. The Labute approximate surface area is 239 Å². The van der Waals surface area contributed by atoms with Crippen LogP contribution in [-0.4, -0.2) is 25.6 Å². The van der Waals surface area contributed by atoms with E-state index in [1.165, 1.54) is 12.1 Å². The number of halogens is 1. The molecule has 0 amide bonds. The first-order chi connectivity index (χ1) is 19.8. The Balaban J connectivity index is 1.77. The van der Waals surface area contributed by atoms with Crippen LogP contribution in [0.15, 0.2) is 119 Å². The summed E-state index contributed by atoms with van der Waals surface area (Å²) in [4.78, 5) is 13.2. The van der Waals surface area contributed by atoms with Crippen LogP contribution in [0.1, 0.15) is 23.7 Å². The molecule has 208 valence electrons. The van der Waals surface area contributed by atoms with Crippen LogP contribution < -0.4 is 0 Å². The van der Waals surface area contributed by atoms with Crippen molar-refractivity contribution in [2.75, 3.05) is 6.61 Å². The van der Waals surface area contributed by atoms with Gasteiger partial charge in [-0.05, 0) is 66.4 Å². The highest BCUT2D eigenvalue weighted by Gasteiger charge is 2.27. The third-order valence-electron chi connectivity index (χ3n) is 7.09. The molecule has 0 saturated carbocycles. The van der Waals surface area contributed by atoms with Crippen LogP contribution in [0.2, 0.25) is 0 Å². The maximum absolute atomic E-state index is 14.6. The highest BCUT2D eigenvalue weighted by molar-refractivity contribution is 7.91. The number of esters is 1. The largest absolute Gasteiger partial charge is 0.465 e. The van der Waals surface area contributed by atoms with Gasteiger partial charge in [-0.2, -0.15) is 0 Å². The fourth-order valence-corrected chi connectivity index (χ4v) is 6.73. The molecule has 0 saturated heterocycles. The molecular weight excluding hydrogens is 537 g/mol. The van der Waals surface area contributed by atoms with E-state index in [4.69, 9.17) is 4.74 Å². The maximum Gasteiger partial charge on any atom is 0.325 e. The predicted octanol–water partition coefficient (Wildman–Crippen LogP) is 7.26. The zero-order valence-electron chi connectivity index (χ0n) is 22.9. The van der Waals surface area contributed by atoms with Crippen molar-refractivity contribution in [3.8, 4) is 22.4 Å². The molecule has 0 bridgehead atoms. The van der Waals surface area contributed by atoms with Gasteiger partial charge >= 0.3 is 5.97 Å². The molecule has 0 unspecified atom stereocenters. The van der Waals surface area contributed by atoms with Gasteiger partial charge in [0, 0.05) is 17.7 Å². The molecule has 41 heavy (non-hydrogen) atoms. The van der Waals surface area contributed by atoms with Crippen LogP contribution in [0.4, 0.5) is 4.39 Å². The molecule has 0 radical (unpaired) electrons. The Hall–Kier alpha value is -4.49. The molecule has 0 fully saturated rings. The third-order valence-corrected chi connectivity index (χ3v) is 8.96. The summed E-state index contributed by atoms with van der Waals surface area (Å²) in [7, 11) is -3.81. The summed E-state index contributed by atoms with van der Waals surface area (Å²) in [5.74, 6) is -0.789. The highest BCUT2D eigenvalue weighted by atomic mass is 32.2. The molecule has 0 atom stereocenters. The van der Waals surface area contributed by atoms with E-state index in [1.54, 1.807) is 61.5 Å². The Morgan fingerprint density at radius 1 is 0.829 bits per heavy atom. The minimum atomic E-state index is -3.81. The second-order valence-corrected chi connectivity index (χ2v) is 11.6. The van der Waals surface area contributed by atoms with Crippen LogP contribution >= 0.6 is 0 Å². The molecular formula is C34H30FNO4S. The molecule has 0 N–H and O–H groups in total. The van der Waals surface area contributed by atoms with Crippen molar-refractivity contribution in [2.24, 2.45) is 0 Å². The van der Waals surface area contributed by atoms with Gasteiger partial charge in [0.1, 0.15) is 12.4 Å². The summed E-state index contributed by atoms with van der Waals surface area (Å²) >= 11 is 0. The quantitative estimate of drug-likeness (QED) is 0.176. The molecule has 0 aliphatic rings. The SMILES string of the molecule is CCOC(=O)Cn1c(C)c(Cc2ccccc2S(=O)(=O)c2ccccc2)c(-c2cccc(F)c2)c1-c1ccccc1. The molecule has 5 rings (SSSR count). The number of nitrogens with zero attached hydrogens (tertiary/aromatic N) is 1. The van der Waals surface area contributed by atoms with Gasteiger partial charge in [0.25, 0.3) is 0 Å². The molecule has 7 heteroatoms. The van der Waals surface area contributed by atoms with Gasteiger partial charge in [0.2, 0.25) is 9.84 Å². The number of aromatic nitrogens is 1. The Morgan fingerprint density at radius 2 is 1.46 bits per heavy atom. The lowest BCUT2D eigenvalue weighted by atomic mass is 9.93. The molecule has 1 aromatic heterocycles. The van der Waals surface area contributed by atoms with E-state index in [0.29, 0.717) is 11.1 Å². The number of hydrogen-bond acceptors (Lipinski definition) is 4. The molecule has 0 aliphatic carbocycles. The van der Waals surface area contributed by atoms with Crippen LogP contribution in [0, 0.1) is 12.7 Å². The number of sulfone groups is 1. The molecule has 5 aromatic rings. The van der Waals surface area contributed by atoms with Gasteiger partial charge in [-0.1, -0.05) is 78.9 Å². The summed E-state index contributed by atoms with van der Waals surface area (Å²) in [6.07, 6.45) is 0.246. The monoisotopic (exact) mass is 567 g/mol. The van der Waals surface area contributed by atoms with Crippen molar-refractivity contribution in [1.82, 2.24) is 4.57 Å². The van der Waals surface area contributed by atoms with Crippen molar-refractivity contribution in [3.63, 3.8) is 0 Å². The van der Waals surface area contributed by atoms with Crippen molar-refractivity contribution in [1.29, 1.82) is 0 Å². The van der Waals surface area contributed by atoms with Gasteiger partial charge in [0.05, 0.1) is 22.1 Å². The van der Waals surface area contributed by atoms with Gasteiger partial charge in [-0.25, -0.2) is 12.8 Å². The number of rotatable bonds is 9. The van der Waals surface area contributed by atoms with Crippen LogP contribution in [0.5, 0.6) is 0 Å². The summed E-state index contributed by atoms with van der Waals surface area (Å²) in [5.41, 5.74) is 5.12.